The van der Waals surface area contributed by atoms with E-state index in [1.165, 1.54) is 7.11 Å². The lowest BCUT2D eigenvalue weighted by Gasteiger charge is -2.03. The Kier molecular flexibility index (Phi) is 3.11. The van der Waals surface area contributed by atoms with E-state index in [1.54, 1.807) is 0 Å². The molecule has 5 nitrogen and oxygen atoms in total. The molecule has 0 aromatic carbocycles. The lowest BCUT2D eigenvalue weighted by atomic mass is 10.1. The molecule has 0 aliphatic carbocycles. The SMILES string of the molecule is COC(=O)c1[nH]c(=O)[nH]c1CC(C)C. The quantitative estimate of drug-likeness (QED) is 0.701. The summed E-state index contributed by atoms with van der Waals surface area (Å²) in [5.74, 6) is -0.149. The lowest BCUT2D eigenvalue weighted by molar-refractivity contribution is 0.0593. The van der Waals surface area contributed by atoms with Crippen molar-refractivity contribution in [3.63, 3.8) is 0 Å². The van der Waals surface area contributed by atoms with Crippen LogP contribution >= 0.6 is 0 Å². The van der Waals surface area contributed by atoms with Crippen LogP contribution < -0.4 is 5.69 Å². The number of imidazole rings is 1. The van der Waals surface area contributed by atoms with Gasteiger partial charge >= 0.3 is 11.7 Å². The van der Waals surface area contributed by atoms with Crippen LogP contribution in [0.25, 0.3) is 0 Å². The van der Waals surface area contributed by atoms with Crippen molar-refractivity contribution in [2.75, 3.05) is 7.11 Å². The van der Waals surface area contributed by atoms with Gasteiger partial charge in [-0.3, -0.25) is 4.98 Å². The fourth-order valence-electron chi connectivity index (χ4n) is 1.26. The van der Waals surface area contributed by atoms with Crippen molar-refractivity contribution in [3.8, 4) is 0 Å². The van der Waals surface area contributed by atoms with Crippen molar-refractivity contribution in [1.82, 2.24) is 9.97 Å². The second-order valence-electron chi connectivity index (χ2n) is 3.52. The van der Waals surface area contributed by atoms with Gasteiger partial charge in [-0.1, -0.05) is 13.8 Å². The minimum atomic E-state index is -0.515. The Hall–Kier alpha value is -1.52. The summed E-state index contributed by atoms with van der Waals surface area (Å²) in [5.41, 5.74) is 0.462. The average Bonchev–Trinajstić information content (AvgIpc) is 2.44. The van der Waals surface area contributed by atoms with E-state index in [2.05, 4.69) is 14.7 Å². The summed E-state index contributed by atoms with van der Waals surface area (Å²) in [6.45, 7) is 4.01. The number of ether oxygens (including phenoxy) is 1. The Morgan fingerprint density at radius 2 is 2.07 bits per heavy atom. The molecule has 1 rings (SSSR count). The Morgan fingerprint density at radius 1 is 1.43 bits per heavy atom. The van der Waals surface area contributed by atoms with Crippen LogP contribution in [0.1, 0.15) is 30.0 Å². The summed E-state index contributed by atoms with van der Waals surface area (Å²) in [5, 5.41) is 0. The number of carbonyl (C=O) groups is 1. The van der Waals surface area contributed by atoms with Crippen molar-refractivity contribution >= 4 is 5.97 Å². The second-order valence-corrected chi connectivity index (χ2v) is 3.52. The largest absolute Gasteiger partial charge is 0.464 e. The van der Waals surface area contributed by atoms with Gasteiger partial charge in [0.2, 0.25) is 0 Å². The van der Waals surface area contributed by atoms with Gasteiger partial charge in [-0.2, -0.15) is 0 Å². The molecule has 0 bridgehead atoms. The zero-order chi connectivity index (χ0) is 10.7. The summed E-state index contributed by atoms with van der Waals surface area (Å²) in [6.07, 6.45) is 0.642. The van der Waals surface area contributed by atoms with E-state index in [0.717, 1.165) is 0 Å². The van der Waals surface area contributed by atoms with E-state index in [4.69, 9.17) is 0 Å². The third-order valence-corrected chi connectivity index (χ3v) is 1.81. The maximum Gasteiger partial charge on any atom is 0.356 e. The molecule has 14 heavy (non-hydrogen) atoms. The number of hydrogen-bond acceptors (Lipinski definition) is 3. The van der Waals surface area contributed by atoms with Gasteiger partial charge in [-0.25, -0.2) is 9.59 Å². The van der Waals surface area contributed by atoms with Crippen molar-refractivity contribution in [2.45, 2.75) is 20.3 Å². The van der Waals surface area contributed by atoms with Crippen molar-refractivity contribution in [1.29, 1.82) is 0 Å². The number of hydrogen-bond donors (Lipinski definition) is 2. The van der Waals surface area contributed by atoms with Gasteiger partial charge in [-0.15, -0.1) is 0 Å². The molecule has 1 aromatic heterocycles. The first kappa shape index (κ1) is 10.6. The van der Waals surface area contributed by atoms with Crippen molar-refractivity contribution in [2.24, 2.45) is 5.92 Å². The minimum absolute atomic E-state index is 0.228. The normalized spacial score (nSPS) is 10.6. The van der Waals surface area contributed by atoms with Gasteiger partial charge in [-0.05, 0) is 12.3 Å². The number of carbonyl (C=O) groups excluding carboxylic acids is 1. The van der Waals surface area contributed by atoms with Crippen LogP contribution in [-0.2, 0) is 11.2 Å². The molecule has 0 aliphatic rings. The molecule has 0 amide bonds. The van der Waals surface area contributed by atoms with E-state index >= 15 is 0 Å². The van der Waals surface area contributed by atoms with Crippen LogP contribution in [0.2, 0.25) is 0 Å². The predicted molar refractivity (Wildman–Crippen MR) is 51.3 cm³/mol. The summed E-state index contributed by atoms with van der Waals surface area (Å²) in [6, 6.07) is 0. The van der Waals surface area contributed by atoms with E-state index in [1.807, 2.05) is 13.8 Å². The summed E-state index contributed by atoms with van der Waals surface area (Å²) in [4.78, 5) is 27.2. The number of rotatable bonds is 3. The maximum absolute atomic E-state index is 11.2. The molecule has 5 heteroatoms. The summed E-state index contributed by atoms with van der Waals surface area (Å²) >= 11 is 0. The monoisotopic (exact) mass is 198 g/mol. The van der Waals surface area contributed by atoms with Gasteiger partial charge in [0.25, 0.3) is 0 Å². The van der Waals surface area contributed by atoms with E-state index in [0.29, 0.717) is 18.0 Å². The Bertz CT molecular complexity index is 376. The second kappa shape index (κ2) is 4.13. The first-order valence-corrected chi connectivity index (χ1v) is 4.44. The highest BCUT2D eigenvalue weighted by Gasteiger charge is 2.16. The smallest absolute Gasteiger partial charge is 0.356 e. The molecule has 0 spiro atoms. The first-order valence-electron chi connectivity index (χ1n) is 4.44. The molecule has 0 atom stereocenters. The van der Waals surface area contributed by atoms with Crippen molar-refractivity contribution < 1.29 is 9.53 Å². The van der Waals surface area contributed by atoms with Crippen LogP contribution in [0, 0.1) is 5.92 Å². The molecule has 0 saturated heterocycles. The number of H-pyrrole nitrogens is 2. The minimum Gasteiger partial charge on any atom is -0.464 e. The molecular formula is C9H14N2O3. The molecule has 0 fully saturated rings. The third-order valence-electron chi connectivity index (χ3n) is 1.81. The molecule has 0 unspecified atom stereocenters. The van der Waals surface area contributed by atoms with Gasteiger partial charge in [0, 0.05) is 0 Å². The zero-order valence-electron chi connectivity index (χ0n) is 8.51. The molecular weight excluding hydrogens is 184 g/mol. The van der Waals surface area contributed by atoms with Crippen molar-refractivity contribution in [3.05, 3.63) is 21.9 Å². The van der Waals surface area contributed by atoms with E-state index in [-0.39, 0.29) is 11.4 Å². The van der Waals surface area contributed by atoms with Crippen LogP contribution in [0.5, 0.6) is 0 Å². The highest BCUT2D eigenvalue weighted by Crippen LogP contribution is 2.08. The van der Waals surface area contributed by atoms with Gasteiger partial charge in [0.15, 0.2) is 0 Å². The van der Waals surface area contributed by atoms with Crippen LogP contribution in [0.3, 0.4) is 0 Å². The first-order chi connectivity index (χ1) is 6.54. The van der Waals surface area contributed by atoms with Crippen LogP contribution in [0.4, 0.5) is 0 Å². The molecule has 0 saturated carbocycles. The molecule has 1 aromatic rings. The maximum atomic E-state index is 11.2. The average molecular weight is 198 g/mol. The molecule has 2 N–H and O–H groups in total. The van der Waals surface area contributed by atoms with Gasteiger partial charge < -0.3 is 9.72 Å². The Labute approximate surface area is 81.5 Å². The fourth-order valence-corrected chi connectivity index (χ4v) is 1.26. The Morgan fingerprint density at radius 3 is 2.57 bits per heavy atom. The third kappa shape index (κ3) is 2.25. The number of esters is 1. The molecule has 1 heterocycles. The number of aromatic nitrogens is 2. The summed E-state index contributed by atoms with van der Waals surface area (Å²) < 4.78 is 4.54. The molecule has 78 valence electrons. The van der Waals surface area contributed by atoms with E-state index in [9.17, 15) is 9.59 Å². The highest BCUT2D eigenvalue weighted by molar-refractivity contribution is 5.88. The van der Waals surface area contributed by atoms with E-state index < -0.39 is 5.97 Å². The highest BCUT2D eigenvalue weighted by atomic mass is 16.5. The van der Waals surface area contributed by atoms with Crippen LogP contribution in [-0.4, -0.2) is 23.0 Å². The summed E-state index contributed by atoms with van der Waals surface area (Å²) in [7, 11) is 1.28. The van der Waals surface area contributed by atoms with Crippen LogP contribution in [0.15, 0.2) is 4.79 Å². The number of nitrogens with one attached hydrogen (secondary N) is 2. The predicted octanol–water partition coefficient (Wildman–Crippen LogP) is 0.688. The fraction of sp³-hybridized carbons (Fsp3) is 0.556. The lowest BCUT2D eigenvalue weighted by Crippen LogP contribution is -2.08. The zero-order valence-corrected chi connectivity index (χ0v) is 8.51. The number of aromatic amines is 2. The number of methoxy groups -OCH3 is 1. The molecule has 0 radical (unpaired) electrons. The van der Waals surface area contributed by atoms with Gasteiger partial charge in [0.1, 0.15) is 5.69 Å². The topological polar surface area (TPSA) is 75.0 Å². The molecule has 0 aliphatic heterocycles. The van der Waals surface area contributed by atoms with Gasteiger partial charge in [0.05, 0.1) is 12.8 Å². The standard InChI is InChI=1S/C9H14N2O3/c1-5(2)4-6-7(8(12)14-3)11-9(13)10-6/h5H,4H2,1-3H3,(H2,10,11,13). The Balaban J connectivity index is 3.02.